The van der Waals surface area contributed by atoms with Crippen molar-refractivity contribution in [2.24, 2.45) is 0 Å². The third-order valence-electron chi connectivity index (χ3n) is 2.74. The van der Waals surface area contributed by atoms with E-state index in [2.05, 4.69) is 6.92 Å². The molecule has 0 spiro atoms. The molecule has 0 rings (SSSR count). The second-order valence-corrected chi connectivity index (χ2v) is 4.29. The van der Waals surface area contributed by atoms with Crippen molar-refractivity contribution in [1.29, 1.82) is 0 Å². The summed E-state index contributed by atoms with van der Waals surface area (Å²) in [6, 6.07) is 0. The Morgan fingerprint density at radius 3 is 2.44 bits per heavy atom. The van der Waals surface area contributed by atoms with Crippen LogP contribution in [0.2, 0.25) is 0 Å². The summed E-state index contributed by atoms with van der Waals surface area (Å²) in [6.45, 7) is 3.01. The summed E-state index contributed by atoms with van der Waals surface area (Å²) in [5.74, 6) is 0.254. The van der Waals surface area contributed by atoms with Gasteiger partial charge in [0.1, 0.15) is 6.29 Å². The first-order chi connectivity index (χ1) is 7.72. The molecular weight excluding hydrogens is 202 g/mol. The largest absolute Gasteiger partial charge is 0.346 e. The van der Waals surface area contributed by atoms with Crippen LogP contribution >= 0.6 is 0 Å². The summed E-state index contributed by atoms with van der Waals surface area (Å²) in [4.78, 5) is 23.5. The molecule has 0 atom stereocenters. The molecule has 0 heterocycles. The van der Waals surface area contributed by atoms with Gasteiger partial charge in [-0.25, -0.2) is 0 Å². The van der Waals surface area contributed by atoms with E-state index in [0.717, 1.165) is 51.4 Å². The quantitative estimate of drug-likeness (QED) is 0.425. The van der Waals surface area contributed by atoms with Crippen LogP contribution in [0.3, 0.4) is 0 Å². The fourth-order valence-electron chi connectivity index (χ4n) is 1.57. The van der Waals surface area contributed by atoms with E-state index < -0.39 is 0 Å². The van der Waals surface area contributed by atoms with Gasteiger partial charge in [-0.15, -0.1) is 0 Å². The molecule has 0 aromatic carbocycles. The number of hydrogen-bond acceptors (Lipinski definition) is 2. The molecule has 0 N–H and O–H groups in total. The number of carbonyl (C=O) groups excluding carboxylic acids is 2. The highest BCUT2D eigenvalue weighted by atomic mass is 16.2. The molecule has 0 bridgehead atoms. The van der Waals surface area contributed by atoms with Crippen molar-refractivity contribution in [3.05, 3.63) is 0 Å². The molecule has 0 saturated heterocycles. The predicted molar refractivity (Wildman–Crippen MR) is 66.3 cm³/mol. The third-order valence-corrected chi connectivity index (χ3v) is 2.74. The molecular formula is C13H25NO2. The molecule has 3 nitrogen and oxygen atoms in total. The number of carbonyl (C=O) groups is 2. The van der Waals surface area contributed by atoms with Crippen LogP contribution in [-0.4, -0.2) is 30.7 Å². The van der Waals surface area contributed by atoms with Crippen molar-refractivity contribution >= 4 is 12.2 Å². The van der Waals surface area contributed by atoms with Gasteiger partial charge in [-0.3, -0.25) is 4.79 Å². The number of rotatable bonds is 10. The van der Waals surface area contributed by atoms with Crippen LogP contribution < -0.4 is 0 Å². The fourth-order valence-corrected chi connectivity index (χ4v) is 1.57. The van der Waals surface area contributed by atoms with Crippen LogP contribution in [0, 0.1) is 0 Å². The zero-order chi connectivity index (χ0) is 12.2. The maximum atomic E-state index is 11.6. The van der Waals surface area contributed by atoms with Crippen LogP contribution in [0.25, 0.3) is 0 Å². The molecule has 0 aliphatic heterocycles. The standard InChI is InChI=1S/C13H25NO2/c1-3-4-11-14(2)13(16)10-8-6-5-7-9-12-15/h12H,3-11H2,1-2H3. The first-order valence-electron chi connectivity index (χ1n) is 6.40. The molecule has 0 aromatic heterocycles. The number of nitrogens with zero attached hydrogens (tertiary/aromatic N) is 1. The van der Waals surface area contributed by atoms with Gasteiger partial charge in [0.25, 0.3) is 0 Å². The molecule has 0 aliphatic carbocycles. The van der Waals surface area contributed by atoms with E-state index >= 15 is 0 Å². The highest BCUT2D eigenvalue weighted by molar-refractivity contribution is 5.75. The van der Waals surface area contributed by atoms with Gasteiger partial charge in [0.05, 0.1) is 0 Å². The molecule has 0 unspecified atom stereocenters. The minimum atomic E-state index is 0.254. The van der Waals surface area contributed by atoms with Crippen molar-refractivity contribution < 1.29 is 9.59 Å². The van der Waals surface area contributed by atoms with Gasteiger partial charge in [-0.2, -0.15) is 0 Å². The van der Waals surface area contributed by atoms with Crippen LogP contribution in [0.4, 0.5) is 0 Å². The molecule has 0 saturated carbocycles. The summed E-state index contributed by atoms with van der Waals surface area (Å²) in [6.07, 6.45) is 8.52. The minimum absolute atomic E-state index is 0.254. The van der Waals surface area contributed by atoms with E-state index in [0.29, 0.717) is 12.8 Å². The number of aldehydes is 1. The van der Waals surface area contributed by atoms with Gasteiger partial charge >= 0.3 is 0 Å². The van der Waals surface area contributed by atoms with E-state index in [-0.39, 0.29) is 5.91 Å². The Balaban J connectivity index is 3.38. The maximum Gasteiger partial charge on any atom is 0.222 e. The van der Waals surface area contributed by atoms with Crippen LogP contribution in [0.1, 0.15) is 58.3 Å². The van der Waals surface area contributed by atoms with Crippen LogP contribution in [0.5, 0.6) is 0 Å². The Morgan fingerprint density at radius 2 is 1.81 bits per heavy atom. The maximum absolute atomic E-state index is 11.6. The smallest absolute Gasteiger partial charge is 0.222 e. The first-order valence-corrected chi connectivity index (χ1v) is 6.40. The lowest BCUT2D eigenvalue weighted by Crippen LogP contribution is -2.27. The van der Waals surface area contributed by atoms with E-state index in [9.17, 15) is 9.59 Å². The topological polar surface area (TPSA) is 37.4 Å². The minimum Gasteiger partial charge on any atom is -0.346 e. The molecule has 0 fully saturated rings. The average Bonchev–Trinajstić information content (AvgIpc) is 2.30. The van der Waals surface area contributed by atoms with E-state index in [4.69, 9.17) is 0 Å². The Kier molecular flexibility index (Phi) is 10.1. The lowest BCUT2D eigenvalue weighted by molar-refractivity contribution is -0.130. The van der Waals surface area contributed by atoms with E-state index in [1.54, 1.807) is 0 Å². The highest BCUT2D eigenvalue weighted by Gasteiger charge is 2.06. The van der Waals surface area contributed by atoms with Gasteiger partial charge in [-0.1, -0.05) is 26.2 Å². The molecule has 16 heavy (non-hydrogen) atoms. The summed E-state index contributed by atoms with van der Waals surface area (Å²) >= 11 is 0. The molecule has 0 radical (unpaired) electrons. The SMILES string of the molecule is CCCCN(C)C(=O)CCCCCCC=O. The monoisotopic (exact) mass is 227 g/mol. The summed E-state index contributed by atoms with van der Waals surface area (Å²) < 4.78 is 0. The molecule has 0 aliphatic rings. The van der Waals surface area contributed by atoms with Gasteiger partial charge < -0.3 is 9.69 Å². The van der Waals surface area contributed by atoms with Crippen molar-refractivity contribution in [2.75, 3.05) is 13.6 Å². The lowest BCUT2D eigenvalue weighted by Gasteiger charge is -2.16. The van der Waals surface area contributed by atoms with Gasteiger partial charge in [0.2, 0.25) is 5.91 Å². The van der Waals surface area contributed by atoms with Gasteiger partial charge in [-0.05, 0) is 19.3 Å². The molecule has 3 heteroatoms. The fraction of sp³-hybridized carbons (Fsp3) is 0.846. The van der Waals surface area contributed by atoms with Crippen molar-refractivity contribution in [1.82, 2.24) is 4.90 Å². The zero-order valence-electron chi connectivity index (χ0n) is 10.7. The van der Waals surface area contributed by atoms with Crippen molar-refractivity contribution in [3.8, 4) is 0 Å². The number of unbranched alkanes of at least 4 members (excludes halogenated alkanes) is 5. The van der Waals surface area contributed by atoms with Gasteiger partial charge in [0.15, 0.2) is 0 Å². The highest BCUT2D eigenvalue weighted by Crippen LogP contribution is 2.06. The summed E-state index contributed by atoms with van der Waals surface area (Å²) in [5, 5.41) is 0. The number of amides is 1. The van der Waals surface area contributed by atoms with Crippen molar-refractivity contribution in [2.45, 2.75) is 58.3 Å². The zero-order valence-corrected chi connectivity index (χ0v) is 10.7. The predicted octanol–water partition coefficient (Wildman–Crippen LogP) is 2.78. The Morgan fingerprint density at radius 1 is 1.12 bits per heavy atom. The van der Waals surface area contributed by atoms with Gasteiger partial charge in [0, 0.05) is 26.4 Å². The van der Waals surface area contributed by atoms with E-state index in [1.807, 2.05) is 11.9 Å². The second kappa shape index (κ2) is 10.7. The number of hydrogen-bond donors (Lipinski definition) is 0. The van der Waals surface area contributed by atoms with Crippen molar-refractivity contribution in [3.63, 3.8) is 0 Å². The third kappa shape index (κ3) is 8.45. The molecule has 0 aromatic rings. The molecule has 1 amide bonds. The first kappa shape index (κ1) is 15.1. The average molecular weight is 227 g/mol. The Bertz CT molecular complexity index is 192. The van der Waals surface area contributed by atoms with E-state index in [1.165, 1.54) is 0 Å². The Labute approximate surface area is 99.2 Å². The normalized spacial score (nSPS) is 10.1. The lowest BCUT2D eigenvalue weighted by atomic mass is 10.1. The summed E-state index contributed by atoms with van der Waals surface area (Å²) in [5.41, 5.74) is 0. The Hall–Kier alpha value is -0.860. The second-order valence-electron chi connectivity index (χ2n) is 4.29. The van der Waals surface area contributed by atoms with Crippen LogP contribution in [0.15, 0.2) is 0 Å². The summed E-state index contributed by atoms with van der Waals surface area (Å²) in [7, 11) is 1.88. The van der Waals surface area contributed by atoms with Crippen LogP contribution in [-0.2, 0) is 9.59 Å². The molecule has 94 valence electrons.